The lowest BCUT2D eigenvalue weighted by Gasteiger charge is -2.44. The number of ether oxygens (including phenoxy) is 1. The highest BCUT2D eigenvalue weighted by molar-refractivity contribution is 6.10. The highest BCUT2D eigenvalue weighted by Gasteiger charge is 2.54. The molecule has 10 heteroatoms. The zero-order valence-corrected chi connectivity index (χ0v) is 33.3. The maximum atomic E-state index is 13.2. The van der Waals surface area contributed by atoms with Gasteiger partial charge in [0.15, 0.2) is 0 Å². The van der Waals surface area contributed by atoms with Crippen LogP contribution < -0.4 is 5.32 Å². The number of imide groups is 2. The molecule has 0 aromatic rings. The number of aliphatic hydroxyl groups is 1. The lowest BCUT2D eigenvalue weighted by Crippen LogP contribution is -2.54. The van der Waals surface area contributed by atoms with Crippen LogP contribution in [0.2, 0.25) is 0 Å². The van der Waals surface area contributed by atoms with Crippen molar-refractivity contribution in [2.45, 2.75) is 172 Å². The van der Waals surface area contributed by atoms with E-state index in [0.717, 1.165) is 61.4 Å². The molecule has 0 radical (unpaired) electrons. The van der Waals surface area contributed by atoms with E-state index >= 15 is 0 Å². The number of fused-ring (bicyclic) bond motifs is 1. The number of likely N-dealkylation sites (tertiary alicyclic amines) is 1. The molecule has 0 bridgehead atoms. The Labute approximate surface area is 324 Å². The molecule has 7 aliphatic rings. The minimum atomic E-state index is -0.861. The van der Waals surface area contributed by atoms with E-state index in [9.17, 15) is 24.3 Å². The van der Waals surface area contributed by atoms with Crippen molar-refractivity contribution in [3.05, 3.63) is 11.1 Å². The lowest BCUT2D eigenvalue weighted by atomic mass is 9.67. The first kappa shape index (κ1) is 40.1. The Hall–Kier alpha value is -2.14. The van der Waals surface area contributed by atoms with Crippen molar-refractivity contribution in [1.29, 1.82) is 0 Å². The summed E-state index contributed by atoms with van der Waals surface area (Å²) in [6.07, 6.45) is 23.5. The van der Waals surface area contributed by atoms with E-state index in [4.69, 9.17) is 4.74 Å². The monoisotopic (exact) mass is 751 g/mol. The highest BCUT2D eigenvalue weighted by atomic mass is 16.5. The molecule has 3 heterocycles. The van der Waals surface area contributed by atoms with Gasteiger partial charge in [-0.3, -0.25) is 34.3 Å². The molecule has 0 spiro atoms. The summed E-state index contributed by atoms with van der Waals surface area (Å²) in [4.78, 5) is 56.9. The molecule has 3 saturated heterocycles. The third-order valence-corrected chi connectivity index (χ3v) is 15.0. The maximum Gasteiger partial charge on any atom is 0.249 e. The van der Waals surface area contributed by atoms with Crippen molar-refractivity contribution in [1.82, 2.24) is 20.0 Å². The third-order valence-electron chi connectivity index (χ3n) is 15.0. The molecule has 4 saturated carbocycles. The van der Waals surface area contributed by atoms with E-state index in [1.807, 2.05) is 11.1 Å². The summed E-state index contributed by atoms with van der Waals surface area (Å²) in [5.41, 5.74) is 3.74. The van der Waals surface area contributed by atoms with Crippen molar-refractivity contribution in [2.24, 2.45) is 29.6 Å². The molecule has 4 atom stereocenters. The second-order valence-corrected chi connectivity index (χ2v) is 18.2. The number of amides is 4. The number of nitrogens with zero attached hydrogens (tertiary/aromatic N) is 3. The minimum Gasteiger partial charge on any atom is -0.393 e. The molecule has 4 unspecified atom stereocenters. The fourth-order valence-corrected chi connectivity index (χ4v) is 11.9. The molecule has 0 aromatic carbocycles. The predicted octanol–water partition coefficient (Wildman–Crippen LogP) is 6.15. The van der Waals surface area contributed by atoms with Crippen LogP contribution >= 0.6 is 0 Å². The number of rotatable bonds is 13. The molecule has 3 aliphatic heterocycles. The van der Waals surface area contributed by atoms with Gasteiger partial charge in [0.25, 0.3) is 0 Å². The molecule has 7 fully saturated rings. The van der Waals surface area contributed by atoms with Crippen LogP contribution in [0, 0.1) is 29.6 Å². The number of carbonyl (C=O) groups is 4. The number of allylic oxidation sites excluding steroid dienone is 2. The Morgan fingerprint density at radius 1 is 0.722 bits per heavy atom. The van der Waals surface area contributed by atoms with E-state index < -0.39 is 17.9 Å². The second-order valence-electron chi connectivity index (χ2n) is 18.2. The largest absolute Gasteiger partial charge is 0.393 e. The van der Waals surface area contributed by atoms with Crippen LogP contribution in [0.4, 0.5) is 0 Å². The van der Waals surface area contributed by atoms with Gasteiger partial charge in [-0.1, -0.05) is 37.3 Å². The van der Waals surface area contributed by atoms with Gasteiger partial charge in [-0.05, 0) is 140 Å². The first-order valence-electron chi connectivity index (χ1n) is 22.5. The van der Waals surface area contributed by atoms with Crippen molar-refractivity contribution in [2.75, 3.05) is 39.3 Å². The summed E-state index contributed by atoms with van der Waals surface area (Å²) in [5.74, 6) is 0.130. The molecular formula is C44H70N4O6. The minimum absolute atomic E-state index is 0.0256. The van der Waals surface area contributed by atoms with Gasteiger partial charge in [0.05, 0.1) is 24.0 Å². The van der Waals surface area contributed by atoms with Crippen LogP contribution in [0.25, 0.3) is 0 Å². The number of nitrogens with one attached hydrogen (secondary N) is 1. The summed E-state index contributed by atoms with van der Waals surface area (Å²) in [7, 11) is 0. The Bertz CT molecular complexity index is 1340. The zero-order valence-electron chi connectivity index (χ0n) is 33.3. The first-order valence-corrected chi connectivity index (χ1v) is 22.5. The number of piperidine rings is 1. The van der Waals surface area contributed by atoms with Gasteiger partial charge in [0, 0.05) is 45.2 Å². The summed E-state index contributed by atoms with van der Waals surface area (Å²) in [6, 6.07) is -0.122. The number of piperazine rings is 1. The zero-order chi connectivity index (χ0) is 37.6. The number of unbranched alkanes of at least 4 members (excludes halogenated alkanes) is 2. The SMILES string of the molecule is CC/C(=C(\C1CCC(O)CC1)C1CCC(N2CCN(CCCCCOC3CCC4C(=O)N(C5CCC(=O)NC5=O)C(=O)C4C3)CC2)CC1)C1CCCCC1. The number of carbonyl (C=O) groups excluding carboxylic acids is 4. The number of hydrogen-bond donors (Lipinski definition) is 2. The topological polar surface area (TPSA) is 119 Å². The Morgan fingerprint density at radius 2 is 1.41 bits per heavy atom. The quantitative estimate of drug-likeness (QED) is 0.131. The molecule has 4 amide bonds. The van der Waals surface area contributed by atoms with Crippen LogP contribution in [-0.4, -0.2) is 107 Å². The van der Waals surface area contributed by atoms with Crippen molar-refractivity contribution in [3.63, 3.8) is 0 Å². The van der Waals surface area contributed by atoms with Crippen LogP contribution in [-0.2, 0) is 23.9 Å². The second kappa shape index (κ2) is 18.9. The Kier molecular flexibility index (Phi) is 14.0. The fourth-order valence-electron chi connectivity index (χ4n) is 11.9. The van der Waals surface area contributed by atoms with Crippen molar-refractivity contribution >= 4 is 23.6 Å². The standard InChI is InChI=1S/C44H70N4O6/c1-2-36(30-9-5-3-6-10-30)41(32-13-17-34(49)18-14-32)31-11-15-33(16-12-31)47-26-24-46(25-27-47)23-7-4-8-28-54-35-19-20-37-38(29-35)44(53)48(43(37)52)39-21-22-40(50)45-42(39)51/h30-35,37-39,49H,2-29H2,1H3,(H,45,50,51)/b41-36+. The molecule has 54 heavy (non-hydrogen) atoms. The summed E-state index contributed by atoms with van der Waals surface area (Å²) < 4.78 is 6.24. The molecule has 10 nitrogen and oxygen atoms in total. The lowest BCUT2D eigenvalue weighted by molar-refractivity contribution is -0.151. The number of hydrogen-bond acceptors (Lipinski definition) is 8. The van der Waals surface area contributed by atoms with E-state index in [0.29, 0.717) is 25.4 Å². The Balaban J connectivity index is 0.788. The summed E-state index contributed by atoms with van der Waals surface area (Å²) in [5, 5.41) is 12.6. The molecule has 4 aliphatic carbocycles. The van der Waals surface area contributed by atoms with Gasteiger partial charge >= 0.3 is 0 Å². The van der Waals surface area contributed by atoms with Crippen LogP contribution in [0.3, 0.4) is 0 Å². The fraction of sp³-hybridized carbons (Fsp3) is 0.864. The molecule has 7 rings (SSSR count). The Morgan fingerprint density at radius 3 is 2.09 bits per heavy atom. The van der Waals surface area contributed by atoms with E-state index in [2.05, 4.69) is 22.0 Å². The van der Waals surface area contributed by atoms with Gasteiger partial charge in [-0.25, -0.2) is 0 Å². The molecular weight excluding hydrogens is 681 g/mol. The van der Waals surface area contributed by atoms with Gasteiger partial charge in [0.1, 0.15) is 6.04 Å². The number of aliphatic hydroxyl groups excluding tert-OH is 1. The van der Waals surface area contributed by atoms with Gasteiger partial charge in [-0.15, -0.1) is 0 Å². The van der Waals surface area contributed by atoms with Crippen LogP contribution in [0.5, 0.6) is 0 Å². The first-order chi connectivity index (χ1) is 26.3. The van der Waals surface area contributed by atoms with Gasteiger partial charge in [-0.2, -0.15) is 0 Å². The summed E-state index contributed by atoms with van der Waals surface area (Å²) in [6.45, 7) is 8.97. The maximum absolute atomic E-state index is 13.2. The van der Waals surface area contributed by atoms with Gasteiger partial charge in [0.2, 0.25) is 23.6 Å². The normalized spacial score (nSPS) is 35.6. The average Bonchev–Trinajstić information content (AvgIpc) is 3.44. The van der Waals surface area contributed by atoms with Crippen molar-refractivity contribution < 1.29 is 29.0 Å². The van der Waals surface area contributed by atoms with Gasteiger partial charge < -0.3 is 14.7 Å². The van der Waals surface area contributed by atoms with Crippen LogP contribution in [0.1, 0.15) is 148 Å². The summed E-state index contributed by atoms with van der Waals surface area (Å²) >= 11 is 0. The highest BCUT2D eigenvalue weighted by Crippen LogP contribution is 2.46. The average molecular weight is 751 g/mol. The molecule has 302 valence electrons. The molecule has 0 aromatic heterocycles. The van der Waals surface area contributed by atoms with E-state index in [1.54, 1.807) is 0 Å². The smallest absolute Gasteiger partial charge is 0.249 e. The van der Waals surface area contributed by atoms with E-state index in [-0.39, 0.29) is 48.7 Å². The van der Waals surface area contributed by atoms with E-state index in [1.165, 1.54) is 110 Å². The third kappa shape index (κ3) is 9.34. The molecule has 2 N–H and O–H groups in total. The predicted molar refractivity (Wildman–Crippen MR) is 208 cm³/mol. The van der Waals surface area contributed by atoms with Crippen LogP contribution in [0.15, 0.2) is 11.1 Å². The van der Waals surface area contributed by atoms with Crippen molar-refractivity contribution in [3.8, 4) is 0 Å².